The van der Waals surface area contributed by atoms with E-state index in [1.54, 1.807) is 24.3 Å². The zero-order valence-electron chi connectivity index (χ0n) is 14.5. The summed E-state index contributed by atoms with van der Waals surface area (Å²) < 4.78 is 0.855. The molecule has 3 aromatic rings. The first-order chi connectivity index (χ1) is 13.0. The maximum atomic E-state index is 12.2. The highest BCUT2D eigenvalue weighted by Crippen LogP contribution is 2.17. The summed E-state index contributed by atoms with van der Waals surface area (Å²) in [5.74, 6) is -0.366. The van der Waals surface area contributed by atoms with Crippen molar-refractivity contribution in [2.75, 3.05) is 11.9 Å². The van der Waals surface area contributed by atoms with E-state index in [0.717, 1.165) is 15.0 Å². The van der Waals surface area contributed by atoms with Gasteiger partial charge in [-0.15, -0.1) is 10.2 Å². The van der Waals surface area contributed by atoms with Gasteiger partial charge in [0.15, 0.2) is 0 Å². The van der Waals surface area contributed by atoms with Gasteiger partial charge in [-0.1, -0.05) is 51.0 Å². The molecular formula is C19H17BrN4O2S. The normalized spacial score (nSPS) is 10.4. The highest BCUT2D eigenvalue weighted by molar-refractivity contribution is 9.10. The highest BCUT2D eigenvalue weighted by Gasteiger charge is 2.11. The van der Waals surface area contributed by atoms with Gasteiger partial charge in [0.05, 0.1) is 0 Å². The van der Waals surface area contributed by atoms with E-state index in [1.165, 1.54) is 11.3 Å². The number of anilines is 1. The fourth-order valence-corrected chi connectivity index (χ4v) is 3.43. The molecule has 0 atom stereocenters. The van der Waals surface area contributed by atoms with Gasteiger partial charge < -0.3 is 5.32 Å². The quantitative estimate of drug-likeness (QED) is 0.604. The molecule has 6 nitrogen and oxygen atoms in total. The molecule has 0 aliphatic heterocycles. The molecule has 0 unspecified atom stereocenters. The van der Waals surface area contributed by atoms with Crippen LogP contribution in [0.3, 0.4) is 0 Å². The van der Waals surface area contributed by atoms with E-state index in [0.29, 0.717) is 29.2 Å². The van der Waals surface area contributed by atoms with Gasteiger partial charge in [-0.3, -0.25) is 14.9 Å². The Bertz CT molecular complexity index is 956. The molecule has 2 aromatic carbocycles. The van der Waals surface area contributed by atoms with Gasteiger partial charge in [0.2, 0.25) is 5.13 Å². The topological polar surface area (TPSA) is 84.0 Å². The molecule has 0 fully saturated rings. The van der Waals surface area contributed by atoms with E-state index in [1.807, 2.05) is 31.2 Å². The van der Waals surface area contributed by atoms with Gasteiger partial charge in [-0.25, -0.2) is 0 Å². The van der Waals surface area contributed by atoms with Gasteiger partial charge in [0.25, 0.3) is 11.8 Å². The zero-order chi connectivity index (χ0) is 19.2. The largest absolute Gasteiger partial charge is 0.352 e. The van der Waals surface area contributed by atoms with Crippen LogP contribution < -0.4 is 10.6 Å². The van der Waals surface area contributed by atoms with Gasteiger partial charge in [0.1, 0.15) is 5.01 Å². The number of halogens is 1. The number of rotatable bonds is 6. The summed E-state index contributed by atoms with van der Waals surface area (Å²) in [5.41, 5.74) is 2.25. The van der Waals surface area contributed by atoms with Gasteiger partial charge in [-0.2, -0.15) is 0 Å². The predicted molar refractivity (Wildman–Crippen MR) is 109 cm³/mol. The molecule has 27 heavy (non-hydrogen) atoms. The first kappa shape index (κ1) is 19.2. The number of aryl methyl sites for hydroxylation is 1. The van der Waals surface area contributed by atoms with Crippen LogP contribution in [0, 0.1) is 6.92 Å². The fourth-order valence-electron chi connectivity index (χ4n) is 2.29. The Morgan fingerprint density at radius 3 is 2.56 bits per heavy atom. The summed E-state index contributed by atoms with van der Waals surface area (Å²) in [4.78, 5) is 24.3. The van der Waals surface area contributed by atoms with Crippen molar-refractivity contribution in [3.05, 3.63) is 74.7 Å². The minimum absolute atomic E-state index is 0.145. The van der Waals surface area contributed by atoms with E-state index >= 15 is 0 Å². The number of aromatic nitrogens is 2. The van der Waals surface area contributed by atoms with Crippen LogP contribution in [0.15, 0.2) is 53.0 Å². The average Bonchev–Trinajstić information content (AvgIpc) is 3.09. The van der Waals surface area contributed by atoms with E-state index in [-0.39, 0.29) is 11.8 Å². The Kier molecular flexibility index (Phi) is 6.31. The molecule has 0 saturated heterocycles. The number of amides is 2. The van der Waals surface area contributed by atoms with Gasteiger partial charge in [-0.05, 0) is 37.3 Å². The minimum atomic E-state index is -0.222. The zero-order valence-corrected chi connectivity index (χ0v) is 16.9. The van der Waals surface area contributed by atoms with Crippen molar-refractivity contribution in [2.24, 2.45) is 0 Å². The Labute approximate surface area is 169 Å². The maximum absolute atomic E-state index is 12.2. The van der Waals surface area contributed by atoms with Crippen molar-refractivity contribution in [3.8, 4) is 0 Å². The van der Waals surface area contributed by atoms with Crippen LogP contribution in [0.25, 0.3) is 0 Å². The maximum Gasteiger partial charge on any atom is 0.257 e. The molecule has 0 aliphatic rings. The molecule has 8 heteroatoms. The molecule has 0 spiro atoms. The summed E-state index contributed by atoms with van der Waals surface area (Å²) in [7, 11) is 0. The molecule has 138 valence electrons. The Hall–Kier alpha value is -2.58. The second-order valence-corrected chi connectivity index (χ2v) is 7.82. The molecule has 3 rings (SSSR count). The van der Waals surface area contributed by atoms with Crippen LogP contribution >= 0.6 is 27.3 Å². The van der Waals surface area contributed by atoms with Crippen molar-refractivity contribution < 1.29 is 9.59 Å². The smallest absolute Gasteiger partial charge is 0.257 e. The van der Waals surface area contributed by atoms with Crippen molar-refractivity contribution in [3.63, 3.8) is 0 Å². The number of hydrogen-bond acceptors (Lipinski definition) is 5. The van der Waals surface area contributed by atoms with Gasteiger partial charge in [0, 0.05) is 28.6 Å². The van der Waals surface area contributed by atoms with Crippen LogP contribution in [0.4, 0.5) is 5.13 Å². The number of carbonyl (C=O) groups excluding carboxylic acids is 2. The average molecular weight is 445 g/mol. The molecule has 2 N–H and O–H groups in total. The van der Waals surface area contributed by atoms with E-state index < -0.39 is 0 Å². The third-order valence-electron chi connectivity index (χ3n) is 3.71. The van der Waals surface area contributed by atoms with Crippen LogP contribution in [-0.4, -0.2) is 28.6 Å². The molecule has 0 radical (unpaired) electrons. The Balaban J connectivity index is 1.50. The first-order valence-electron chi connectivity index (χ1n) is 8.25. The van der Waals surface area contributed by atoms with Crippen molar-refractivity contribution in [1.82, 2.24) is 15.5 Å². The third-order valence-corrected chi connectivity index (χ3v) is 5.10. The lowest BCUT2D eigenvalue weighted by Crippen LogP contribution is -2.25. The molecular weight excluding hydrogens is 428 g/mol. The van der Waals surface area contributed by atoms with Crippen LogP contribution in [0.2, 0.25) is 0 Å². The fraction of sp³-hybridized carbons (Fsp3) is 0.158. The SMILES string of the molecule is Cc1ccc(C(=O)Nc2nnc(CCNC(=O)c3cccc(Br)c3)s2)cc1. The van der Waals surface area contributed by atoms with Crippen LogP contribution in [0.1, 0.15) is 31.3 Å². The van der Waals surface area contributed by atoms with E-state index in [2.05, 4.69) is 36.8 Å². The number of nitrogens with one attached hydrogen (secondary N) is 2. The summed E-state index contributed by atoms with van der Waals surface area (Å²) >= 11 is 4.64. The van der Waals surface area contributed by atoms with Crippen molar-refractivity contribution in [2.45, 2.75) is 13.3 Å². The lowest BCUT2D eigenvalue weighted by Gasteiger charge is -2.04. The van der Waals surface area contributed by atoms with Crippen LogP contribution in [0.5, 0.6) is 0 Å². The predicted octanol–water partition coefficient (Wildman–Crippen LogP) is 3.83. The second-order valence-electron chi connectivity index (χ2n) is 5.84. The summed E-state index contributed by atoms with van der Waals surface area (Å²) in [6.07, 6.45) is 0.539. The molecule has 1 heterocycles. The Morgan fingerprint density at radius 1 is 1.04 bits per heavy atom. The first-order valence-corrected chi connectivity index (χ1v) is 9.86. The van der Waals surface area contributed by atoms with Gasteiger partial charge >= 0.3 is 0 Å². The lowest BCUT2D eigenvalue weighted by atomic mass is 10.1. The third kappa shape index (κ3) is 5.45. The summed E-state index contributed by atoms with van der Waals surface area (Å²) in [6, 6.07) is 14.5. The minimum Gasteiger partial charge on any atom is -0.352 e. The summed E-state index contributed by atoms with van der Waals surface area (Å²) in [6.45, 7) is 2.40. The number of benzene rings is 2. The second kappa shape index (κ2) is 8.88. The number of hydrogen-bond donors (Lipinski definition) is 2. The van der Waals surface area contributed by atoms with E-state index in [4.69, 9.17) is 0 Å². The summed E-state index contributed by atoms with van der Waals surface area (Å²) in [5, 5.41) is 14.8. The number of carbonyl (C=O) groups is 2. The molecule has 0 bridgehead atoms. The molecule has 2 amide bonds. The van der Waals surface area contributed by atoms with E-state index in [9.17, 15) is 9.59 Å². The number of nitrogens with zero attached hydrogens (tertiary/aromatic N) is 2. The van der Waals surface area contributed by atoms with Crippen LogP contribution in [-0.2, 0) is 6.42 Å². The lowest BCUT2D eigenvalue weighted by molar-refractivity contribution is 0.0953. The Morgan fingerprint density at radius 2 is 1.81 bits per heavy atom. The molecule has 1 aromatic heterocycles. The molecule has 0 aliphatic carbocycles. The highest BCUT2D eigenvalue weighted by atomic mass is 79.9. The van der Waals surface area contributed by atoms with Crippen molar-refractivity contribution in [1.29, 1.82) is 0 Å². The standard InChI is InChI=1S/C19H17BrN4O2S/c1-12-5-7-13(8-6-12)18(26)22-19-24-23-16(27-19)9-10-21-17(25)14-3-2-4-15(20)11-14/h2-8,11H,9-10H2,1H3,(H,21,25)(H,22,24,26). The molecule has 0 saturated carbocycles. The van der Waals surface area contributed by atoms with Crippen molar-refractivity contribution >= 4 is 44.2 Å². The monoisotopic (exact) mass is 444 g/mol.